The minimum Gasteiger partial charge on any atom is -0.374 e. The maximum Gasteiger partial charge on any atom is 0.0831 e. The highest BCUT2D eigenvalue weighted by Crippen LogP contribution is 2.35. The first-order valence-corrected chi connectivity index (χ1v) is 4.23. The highest BCUT2D eigenvalue weighted by molar-refractivity contribution is 5.10. The van der Waals surface area contributed by atoms with Gasteiger partial charge in [-0.2, -0.15) is 0 Å². The van der Waals surface area contributed by atoms with Gasteiger partial charge in [-0.1, -0.05) is 26.0 Å². The van der Waals surface area contributed by atoms with Crippen LogP contribution in [0.5, 0.6) is 0 Å². The molecule has 1 aliphatic rings. The molecule has 0 spiro atoms. The molecule has 0 radical (unpaired) electrons. The minimum absolute atomic E-state index is 0.00444. The molecule has 0 aromatic rings. The van der Waals surface area contributed by atoms with E-state index in [1.165, 1.54) is 6.42 Å². The van der Waals surface area contributed by atoms with E-state index in [9.17, 15) is 0 Å². The van der Waals surface area contributed by atoms with E-state index in [4.69, 9.17) is 4.74 Å². The van der Waals surface area contributed by atoms with Crippen molar-refractivity contribution in [3.63, 3.8) is 0 Å². The summed E-state index contributed by atoms with van der Waals surface area (Å²) in [6.45, 7) is 6.66. The Labute approximate surface area is 69.4 Å². The Morgan fingerprint density at radius 3 is 2.09 bits per heavy atom. The Bertz CT molecular complexity index is 170. The lowest BCUT2D eigenvalue weighted by Crippen LogP contribution is -2.30. The lowest BCUT2D eigenvalue weighted by atomic mass is 9.77. The quantitative estimate of drug-likeness (QED) is 0.528. The predicted octanol–water partition coefficient (Wildman–Crippen LogP) is 2.77. The van der Waals surface area contributed by atoms with Crippen LogP contribution in [0.15, 0.2) is 12.2 Å². The molecule has 1 aliphatic carbocycles. The lowest BCUT2D eigenvalue weighted by Gasteiger charge is -2.34. The summed E-state index contributed by atoms with van der Waals surface area (Å²) in [5.74, 6) is 0. The Hall–Kier alpha value is -0.300. The van der Waals surface area contributed by atoms with E-state index >= 15 is 0 Å². The summed E-state index contributed by atoms with van der Waals surface area (Å²) in [5, 5.41) is 0. The average molecular weight is 154 g/mol. The largest absolute Gasteiger partial charge is 0.374 e. The predicted molar refractivity (Wildman–Crippen MR) is 47.6 cm³/mol. The first-order chi connectivity index (χ1) is 4.97. The summed E-state index contributed by atoms with van der Waals surface area (Å²) < 4.78 is 5.39. The van der Waals surface area contributed by atoms with Gasteiger partial charge in [0.1, 0.15) is 0 Å². The topological polar surface area (TPSA) is 9.23 Å². The molecule has 0 bridgehead atoms. The summed E-state index contributed by atoms with van der Waals surface area (Å²) in [6, 6.07) is 0. The summed E-state index contributed by atoms with van der Waals surface area (Å²) in [4.78, 5) is 0. The number of hydrogen-bond acceptors (Lipinski definition) is 1. The van der Waals surface area contributed by atoms with Crippen LogP contribution in [0, 0.1) is 5.41 Å². The van der Waals surface area contributed by atoms with E-state index in [-0.39, 0.29) is 5.60 Å². The Morgan fingerprint density at radius 2 is 1.73 bits per heavy atom. The zero-order valence-electron chi connectivity index (χ0n) is 7.98. The monoisotopic (exact) mass is 154 g/mol. The molecule has 64 valence electrons. The van der Waals surface area contributed by atoms with Crippen molar-refractivity contribution in [1.29, 1.82) is 0 Å². The van der Waals surface area contributed by atoms with Crippen LogP contribution in [0.3, 0.4) is 0 Å². The molecule has 0 aromatic carbocycles. The van der Waals surface area contributed by atoms with Crippen LogP contribution >= 0.6 is 0 Å². The molecule has 0 amide bonds. The van der Waals surface area contributed by atoms with Crippen molar-refractivity contribution < 1.29 is 4.74 Å². The average Bonchev–Trinajstić information content (AvgIpc) is 1.97. The summed E-state index contributed by atoms with van der Waals surface area (Å²) in [5.41, 5.74) is 0.369. The van der Waals surface area contributed by atoms with Gasteiger partial charge < -0.3 is 4.74 Å². The standard InChI is InChI=1S/C10H18O/c1-9(2)5-7-10(3,11-4)8-6-9/h5,7H,6,8H2,1-4H3. The number of rotatable bonds is 1. The molecule has 1 heteroatoms. The Morgan fingerprint density at radius 1 is 1.09 bits per heavy atom. The van der Waals surface area contributed by atoms with Gasteiger partial charge in [0.05, 0.1) is 5.60 Å². The fourth-order valence-corrected chi connectivity index (χ4v) is 1.31. The molecule has 11 heavy (non-hydrogen) atoms. The van der Waals surface area contributed by atoms with Gasteiger partial charge in [-0.3, -0.25) is 0 Å². The zero-order valence-corrected chi connectivity index (χ0v) is 7.98. The van der Waals surface area contributed by atoms with Gasteiger partial charge in [-0.25, -0.2) is 0 Å². The van der Waals surface area contributed by atoms with Gasteiger partial charge in [-0.15, -0.1) is 0 Å². The third kappa shape index (κ3) is 2.06. The molecule has 0 N–H and O–H groups in total. The second-order valence-electron chi connectivity index (χ2n) is 4.34. The molecule has 0 aliphatic heterocycles. The van der Waals surface area contributed by atoms with Crippen molar-refractivity contribution in [3.05, 3.63) is 12.2 Å². The molecule has 1 unspecified atom stereocenters. The zero-order chi connectivity index (χ0) is 8.54. The van der Waals surface area contributed by atoms with E-state index in [2.05, 4.69) is 32.9 Å². The van der Waals surface area contributed by atoms with E-state index in [1.807, 2.05) is 0 Å². The molecule has 1 atom stereocenters. The van der Waals surface area contributed by atoms with Gasteiger partial charge in [-0.05, 0) is 25.2 Å². The Balaban J connectivity index is 2.70. The number of hydrogen-bond donors (Lipinski definition) is 0. The molecule has 0 saturated carbocycles. The lowest BCUT2D eigenvalue weighted by molar-refractivity contribution is 0.0260. The second-order valence-corrected chi connectivity index (χ2v) is 4.34. The number of allylic oxidation sites excluding steroid dienone is 1. The molecular weight excluding hydrogens is 136 g/mol. The van der Waals surface area contributed by atoms with Crippen molar-refractivity contribution >= 4 is 0 Å². The number of ether oxygens (including phenoxy) is 1. The van der Waals surface area contributed by atoms with Crippen molar-refractivity contribution in [2.45, 2.75) is 39.2 Å². The van der Waals surface area contributed by atoms with Crippen molar-refractivity contribution in [2.75, 3.05) is 7.11 Å². The second kappa shape index (κ2) is 2.63. The molecule has 1 nitrogen and oxygen atoms in total. The van der Waals surface area contributed by atoms with Crippen molar-refractivity contribution in [3.8, 4) is 0 Å². The van der Waals surface area contributed by atoms with Crippen LogP contribution in [-0.2, 0) is 4.74 Å². The molecule has 0 heterocycles. The maximum atomic E-state index is 5.39. The molecular formula is C10H18O. The highest BCUT2D eigenvalue weighted by atomic mass is 16.5. The van der Waals surface area contributed by atoms with E-state index < -0.39 is 0 Å². The third-order valence-corrected chi connectivity index (χ3v) is 2.62. The normalized spacial score (nSPS) is 35.6. The highest BCUT2D eigenvalue weighted by Gasteiger charge is 2.29. The fourth-order valence-electron chi connectivity index (χ4n) is 1.31. The van der Waals surface area contributed by atoms with Crippen LogP contribution in [0.1, 0.15) is 33.6 Å². The minimum atomic E-state index is -0.00444. The first kappa shape index (κ1) is 8.79. The smallest absolute Gasteiger partial charge is 0.0831 e. The maximum absolute atomic E-state index is 5.39. The van der Waals surface area contributed by atoms with Crippen LogP contribution in [0.25, 0.3) is 0 Å². The fraction of sp³-hybridized carbons (Fsp3) is 0.800. The molecule has 0 saturated heterocycles. The summed E-state index contributed by atoms with van der Waals surface area (Å²) in [6.07, 6.45) is 6.80. The van der Waals surface area contributed by atoms with Crippen LogP contribution < -0.4 is 0 Å². The van der Waals surface area contributed by atoms with Crippen LogP contribution in [-0.4, -0.2) is 12.7 Å². The van der Waals surface area contributed by atoms with Crippen LogP contribution in [0.4, 0.5) is 0 Å². The summed E-state index contributed by atoms with van der Waals surface area (Å²) >= 11 is 0. The van der Waals surface area contributed by atoms with Gasteiger partial charge in [0.2, 0.25) is 0 Å². The van der Waals surface area contributed by atoms with E-state index in [0.717, 1.165) is 6.42 Å². The molecule has 0 aromatic heterocycles. The van der Waals surface area contributed by atoms with E-state index in [0.29, 0.717) is 5.41 Å². The summed E-state index contributed by atoms with van der Waals surface area (Å²) in [7, 11) is 1.78. The molecule has 1 rings (SSSR count). The van der Waals surface area contributed by atoms with Crippen molar-refractivity contribution in [1.82, 2.24) is 0 Å². The first-order valence-electron chi connectivity index (χ1n) is 4.23. The van der Waals surface area contributed by atoms with Gasteiger partial charge >= 0.3 is 0 Å². The van der Waals surface area contributed by atoms with Crippen molar-refractivity contribution in [2.24, 2.45) is 5.41 Å². The van der Waals surface area contributed by atoms with E-state index in [1.54, 1.807) is 7.11 Å². The number of methoxy groups -OCH3 is 1. The van der Waals surface area contributed by atoms with Gasteiger partial charge in [0.15, 0.2) is 0 Å². The van der Waals surface area contributed by atoms with Crippen LogP contribution in [0.2, 0.25) is 0 Å². The van der Waals surface area contributed by atoms with Gasteiger partial charge in [0, 0.05) is 7.11 Å². The third-order valence-electron chi connectivity index (χ3n) is 2.62. The van der Waals surface area contributed by atoms with Gasteiger partial charge in [0.25, 0.3) is 0 Å². The molecule has 0 fully saturated rings. The Kier molecular flexibility index (Phi) is 2.10. The SMILES string of the molecule is COC1(C)C=CC(C)(C)CC1.